The monoisotopic (exact) mass is 428 g/mol. The highest BCUT2D eigenvalue weighted by Gasteiger charge is 2.28. The molecule has 3 aromatic rings. The number of fused-ring (bicyclic) bond motifs is 3. The van der Waals surface area contributed by atoms with Gasteiger partial charge in [0.2, 0.25) is 0 Å². The summed E-state index contributed by atoms with van der Waals surface area (Å²) in [5, 5.41) is 20.0. The first kappa shape index (κ1) is 20.6. The van der Waals surface area contributed by atoms with Crippen LogP contribution in [-0.4, -0.2) is 16.1 Å². The molecule has 1 saturated carbocycles. The third-order valence-corrected chi connectivity index (χ3v) is 7.17. The molecule has 5 nitrogen and oxygen atoms in total. The number of aliphatic carboxylic acids is 1. The molecule has 5 heteroatoms. The molecule has 2 aliphatic carbocycles. The van der Waals surface area contributed by atoms with Gasteiger partial charge in [0.05, 0.1) is 18.1 Å². The number of aryl methyl sites for hydroxylation is 1. The highest BCUT2D eigenvalue weighted by Crippen LogP contribution is 2.40. The number of hydrogen-bond acceptors (Lipinski definition) is 3. The van der Waals surface area contributed by atoms with Crippen molar-refractivity contribution in [1.29, 1.82) is 5.26 Å². The molecule has 164 valence electrons. The molecule has 1 heterocycles. The molecule has 0 aliphatic heterocycles. The lowest BCUT2D eigenvalue weighted by Crippen LogP contribution is -2.07. The third-order valence-electron chi connectivity index (χ3n) is 7.17. The molecule has 1 atom stereocenters. The van der Waals surface area contributed by atoms with Gasteiger partial charge in [-0.05, 0) is 72.6 Å². The summed E-state index contributed by atoms with van der Waals surface area (Å²) < 4.78 is 6.09. The molecule has 0 amide bonds. The van der Waals surface area contributed by atoms with Crippen molar-refractivity contribution in [2.75, 3.05) is 0 Å². The Hall–Kier alpha value is -3.26. The van der Waals surface area contributed by atoms with E-state index in [1.165, 1.54) is 43.2 Å². The van der Waals surface area contributed by atoms with E-state index in [1.807, 2.05) is 18.2 Å². The second-order valence-corrected chi connectivity index (χ2v) is 9.22. The van der Waals surface area contributed by atoms with Gasteiger partial charge in [0.15, 0.2) is 0 Å². The van der Waals surface area contributed by atoms with Crippen LogP contribution in [0.5, 0.6) is 5.75 Å². The van der Waals surface area contributed by atoms with Gasteiger partial charge in [-0.2, -0.15) is 5.26 Å². The highest BCUT2D eigenvalue weighted by molar-refractivity contribution is 5.87. The van der Waals surface area contributed by atoms with Crippen LogP contribution >= 0.6 is 0 Å². The van der Waals surface area contributed by atoms with Crippen molar-refractivity contribution >= 4 is 16.9 Å². The molecule has 0 radical (unpaired) electrons. The molecule has 0 bridgehead atoms. The van der Waals surface area contributed by atoms with E-state index in [0.717, 1.165) is 46.3 Å². The van der Waals surface area contributed by atoms with Crippen LogP contribution in [0.1, 0.15) is 84.7 Å². The first-order valence-electron chi connectivity index (χ1n) is 11.6. The van der Waals surface area contributed by atoms with Crippen molar-refractivity contribution in [1.82, 2.24) is 4.98 Å². The van der Waals surface area contributed by atoms with E-state index in [2.05, 4.69) is 29.3 Å². The van der Waals surface area contributed by atoms with Gasteiger partial charge < -0.3 is 14.8 Å². The molecule has 1 fully saturated rings. The molecule has 2 aromatic carbocycles. The van der Waals surface area contributed by atoms with E-state index in [0.29, 0.717) is 12.5 Å². The lowest BCUT2D eigenvalue weighted by atomic mass is 9.82. The van der Waals surface area contributed by atoms with E-state index in [1.54, 1.807) is 0 Å². The molecule has 2 aliphatic rings. The lowest BCUT2D eigenvalue weighted by Gasteiger charge is -2.23. The first-order valence-corrected chi connectivity index (χ1v) is 11.6. The Morgan fingerprint density at radius 1 is 1.12 bits per heavy atom. The lowest BCUT2D eigenvalue weighted by molar-refractivity contribution is -0.137. The number of H-pyrrole nitrogens is 1. The minimum absolute atomic E-state index is 0.0614. The number of nitrogens with one attached hydrogen (secondary N) is 1. The zero-order chi connectivity index (χ0) is 22.1. The molecule has 0 saturated heterocycles. The average Bonchev–Trinajstić information content (AvgIpc) is 3.37. The van der Waals surface area contributed by atoms with Crippen LogP contribution in [0.2, 0.25) is 0 Å². The summed E-state index contributed by atoms with van der Waals surface area (Å²) in [4.78, 5) is 14.6. The largest absolute Gasteiger partial charge is 0.489 e. The van der Waals surface area contributed by atoms with Crippen molar-refractivity contribution in [3.05, 3.63) is 64.3 Å². The van der Waals surface area contributed by atoms with Gasteiger partial charge in [0.1, 0.15) is 12.4 Å². The maximum Gasteiger partial charge on any atom is 0.304 e. The predicted octanol–water partition coefficient (Wildman–Crippen LogP) is 6.17. The number of ether oxygens (including phenoxy) is 1. The van der Waals surface area contributed by atoms with Crippen LogP contribution in [0.4, 0.5) is 0 Å². The zero-order valence-corrected chi connectivity index (χ0v) is 18.2. The Morgan fingerprint density at radius 3 is 2.75 bits per heavy atom. The van der Waals surface area contributed by atoms with Crippen molar-refractivity contribution < 1.29 is 14.6 Å². The van der Waals surface area contributed by atoms with Crippen LogP contribution < -0.4 is 4.74 Å². The van der Waals surface area contributed by atoms with Crippen molar-refractivity contribution in [2.24, 2.45) is 0 Å². The maximum atomic E-state index is 11.2. The summed E-state index contributed by atoms with van der Waals surface area (Å²) in [6, 6.07) is 14.6. The van der Waals surface area contributed by atoms with E-state index < -0.39 is 5.97 Å². The van der Waals surface area contributed by atoms with Gasteiger partial charge in [-0.1, -0.05) is 31.4 Å². The normalized spacial score (nSPS) is 18.4. The number of carbonyl (C=O) groups is 1. The zero-order valence-electron chi connectivity index (χ0n) is 18.2. The number of aromatic nitrogens is 1. The molecule has 1 aromatic heterocycles. The number of nitriles is 1. The third kappa shape index (κ3) is 3.98. The quantitative estimate of drug-likeness (QED) is 0.491. The fraction of sp³-hybridized carbons (Fsp3) is 0.407. The van der Waals surface area contributed by atoms with Crippen LogP contribution in [0.3, 0.4) is 0 Å². The molecule has 0 spiro atoms. The van der Waals surface area contributed by atoms with Crippen molar-refractivity contribution in [2.45, 2.75) is 69.8 Å². The minimum Gasteiger partial charge on any atom is -0.489 e. The van der Waals surface area contributed by atoms with Crippen molar-refractivity contribution in [3.63, 3.8) is 0 Å². The summed E-state index contributed by atoms with van der Waals surface area (Å²) in [5.41, 5.74) is 6.29. The second-order valence-electron chi connectivity index (χ2n) is 9.22. The number of carboxylic acids is 1. The molecule has 1 unspecified atom stereocenters. The number of nitrogens with zero attached hydrogens (tertiary/aromatic N) is 1. The number of carboxylic acid groups (broad SMARTS) is 1. The smallest absolute Gasteiger partial charge is 0.304 e. The molecular weight excluding hydrogens is 400 g/mol. The Bertz CT molecular complexity index is 1200. The van der Waals surface area contributed by atoms with E-state index in [9.17, 15) is 15.2 Å². The SMILES string of the molecule is N#Cc1cc(COc2ccc3[nH]c4c(c3c2)CCC4CC(=O)O)ccc1C1CCCCC1. The number of hydrogen-bond donors (Lipinski definition) is 2. The van der Waals surface area contributed by atoms with Gasteiger partial charge in [-0.25, -0.2) is 0 Å². The Balaban J connectivity index is 1.32. The van der Waals surface area contributed by atoms with E-state index >= 15 is 0 Å². The molecule has 32 heavy (non-hydrogen) atoms. The minimum atomic E-state index is -0.753. The van der Waals surface area contributed by atoms with E-state index in [4.69, 9.17) is 4.74 Å². The summed E-state index contributed by atoms with van der Waals surface area (Å²) >= 11 is 0. The Labute approximate surface area is 188 Å². The highest BCUT2D eigenvalue weighted by atomic mass is 16.5. The Kier molecular flexibility index (Phi) is 5.61. The summed E-state index contributed by atoms with van der Waals surface area (Å²) in [6.45, 7) is 0.416. The fourth-order valence-electron chi connectivity index (χ4n) is 5.56. The Morgan fingerprint density at radius 2 is 1.97 bits per heavy atom. The van der Waals surface area contributed by atoms with Crippen LogP contribution in [-0.2, 0) is 17.8 Å². The standard InChI is InChI=1S/C27H28N2O3/c28-15-20-12-17(6-9-22(20)18-4-2-1-3-5-18)16-32-21-8-11-25-24(14-21)23-10-7-19(13-26(30)31)27(23)29-25/h6,8-9,11-12,14,18-19,29H,1-5,7,10,13,16H2,(H,30,31). The number of benzene rings is 2. The number of aromatic amines is 1. The topological polar surface area (TPSA) is 86.1 Å². The average molecular weight is 429 g/mol. The number of rotatable bonds is 6. The summed E-state index contributed by atoms with van der Waals surface area (Å²) in [5.74, 6) is 0.607. The fourth-order valence-corrected chi connectivity index (χ4v) is 5.56. The van der Waals surface area contributed by atoms with Gasteiger partial charge in [0, 0.05) is 22.5 Å². The molecule has 5 rings (SSSR count). The second kappa shape index (κ2) is 8.70. The summed E-state index contributed by atoms with van der Waals surface area (Å²) in [6.07, 6.45) is 8.10. The molecule has 2 N–H and O–H groups in total. The van der Waals surface area contributed by atoms with Gasteiger partial charge >= 0.3 is 5.97 Å². The predicted molar refractivity (Wildman–Crippen MR) is 123 cm³/mol. The van der Waals surface area contributed by atoms with E-state index in [-0.39, 0.29) is 12.3 Å². The van der Waals surface area contributed by atoms with Gasteiger partial charge in [0.25, 0.3) is 0 Å². The molecular formula is C27H28N2O3. The van der Waals surface area contributed by atoms with Crippen LogP contribution in [0.25, 0.3) is 10.9 Å². The van der Waals surface area contributed by atoms with Gasteiger partial charge in [-0.3, -0.25) is 4.79 Å². The van der Waals surface area contributed by atoms with Crippen LogP contribution in [0, 0.1) is 11.3 Å². The van der Waals surface area contributed by atoms with Crippen LogP contribution in [0.15, 0.2) is 36.4 Å². The maximum absolute atomic E-state index is 11.2. The van der Waals surface area contributed by atoms with Gasteiger partial charge in [-0.15, -0.1) is 0 Å². The van der Waals surface area contributed by atoms with Crippen molar-refractivity contribution in [3.8, 4) is 11.8 Å². The first-order chi connectivity index (χ1) is 15.6. The summed E-state index contributed by atoms with van der Waals surface area (Å²) in [7, 11) is 0.